The summed E-state index contributed by atoms with van der Waals surface area (Å²) < 4.78 is 5.18. The summed E-state index contributed by atoms with van der Waals surface area (Å²) >= 11 is 0. The first-order chi connectivity index (χ1) is 7.68. The molecule has 1 aromatic rings. The molecule has 0 radical (unpaired) electrons. The number of hydrogen-bond donors (Lipinski definition) is 0. The largest absolute Gasteiger partial charge is 0.446 e. The van der Waals surface area contributed by atoms with Crippen LogP contribution in [-0.2, 0) is 11.2 Å². The highest BCUT2D eigenvalue weighted by atomic mass is 16.6. The number of para-hydroxylation sites is 1. The van der Waals surface area contributed by atoms with Crippen LogP contribution in [-0.4, -0.2) is 12.2 Å². The summed E-state index contributed by atoms with van der Waals surface area (Å²) in [6.45, 7) is 3.69. The number of carbonyl (C=O) groups is 1. The van der Waals surface area contributed by atoms with E-state index in [-0.39, 0.29) is 12.2 Å². The van der Waals surface area contributed by atoms with Gasteiger partial charge in [0.2, 0.25) is 0 Å². The molecule has 0 fully saturated rings. The second kappa shape index (κ2) is 4.39. The fraction of sp³-hybridized carbons (Fsp3) is 0.308. The maximum Gasteiger partial charge on any atom is 0.418 e. The molecule has 2 rings (SSSR count). The Kier molecular flexibility index (Phi) is 2.95. The molecule has 0 spiro atoms. The van der Waals surface area contributed by atoms with Gasteiger partial charge in [-0.2, -0.15) is 0 Å². The number of ether oxygens (including phenoxy) is 1. The van der Waals surface area contributed by atoms with Crippen molar-refractivity contribution in [2.75, 3.05) is 4.90 Å². The Morgan fingerprint density at radius 2 is 2.12 bits per heavy atom. The molecule has 0 bridgehead atoms. The topological polar surface area (TPSA) is 29.5 Å². The molecule has 0 unspecified atom stereocenters. The molecule has 0 atom stereocenters. The molecule has 1 heterocycles. The zero-order valence-corrected chi connectivity index (χ0v) is 9.51. The summed E-state index contributed by atoms with van der Waals surface area (Å²) in [5.41, 5.74) is 2.06. The van der Waals surface area contributed by atoms with Gasteiger partial charge in [-0.1, -0.05) is 24.3 Å². The predicted octanol–water partition coefficient (Wildman–Crippen LogP) is 3.11. The highest BCUT2D eigenvalue weighted by molar-refractivity contribution is 5.91. The minimum atomic E-state index is -0.321. The Labute approximate surface area is 95.3 Å². The van der Waals surface area contributed by atoms with E-state index in [0.717, 1.165) is 17.7 Å². The Balaban J connectivity index is 2.25. The van der Waals surface area contributed by atoms with E-state index in [1.807, 2.05) is 44.2 Å². The van der Waals surface area contributed by atoms with Crippen LogP contribution >= 0.6 is 0 Å². The van der Waals surface area contributed by atoms with Gasteiger partial charge in [0.1, 0.15) is 0 Å². The summed E-state index contributed by atoms with van der Waals surface area (Å²) in [4.78, 5) is 13.4. The molecule has 0 saturated carbocycles. The Morgan fingerprint density at radius 1 is 1.38 bits per heavy atom. The van der Waals surface area contributed by atoms with Gasteiger partial charge in [-0.3, -0.25) is 4.90 Å². The third kappa shape index (κ3) is 2.08. The van der Waals surface area contributed by atoms with E-state index in [1.54, 1.807) is 11.1 Å². The fourth-order valence-corrected chi connectivity index (χ4v) is 1.70. The Bertz CT molecular complexity index is 424. The van der Waals surface area contributed by atoms with E-state index in [9.17, 15) is 4.79 Å². The van der Waals surface area contributed by atoms with Gasteiger partial charge >= 0.3 is 6.09 Å². The van der Waals surface area contributed by atoms with Crippen LogP contribution in [0.1, 0.15) is 19.4 Å². The van der Waals surface area contributed by atoms with Gasteiger partial charge in [-0.05, 0) is 31.9 Å². The molecule has 1 aliphatic heterocycles. The molecule has 0 N–H and O–H groups in total. The van der Waals surface area contributed by atoms with E-state index in [1.165, 1.54) is 0 Å². The summed E-state index contributed by atoms with van der Waals surface area (Å²) in [5.74, 6) is 0. The van der Waals surface area contributed by atoms with Crippen molar-refractivity contribution in [3.8, 4) is 0 Å². The molecule has 0 aliphatic carbocycles. The smallest absolute Gasteiger partial charge is 0.418 e. The molecule has 3 heteroatoms. The molecule has 1 aliphatic rings. The number of allylic oxidation sites excluding steroid dienone is 1. The first kappa shape index (κ1) is 10.7. The summed E-state index contributed by atoms with van der Waals surface area (Å²) in [7, 11) is 0. The minimum Gasteiger partial charge on any atom is -0.446 e. The first-order valence-electron chi connectivity index (χ1n) is 5.43. The normalized spacial score (nSPS) is 13.8. The lowest BCUT2D eigenvalue weighted by Gasteiger charge is -2.24. The second-order valence-electron chi connectivity index (χ2n) is 4.02. The monoisotopic (exact) mass is 217 g/mol. The quantitative estimate of drug-likeness (QED) is 0.723. The van der Waals surface area contributed by atoms with E-state index in [2.05, 4.69) is 0 Å². The van der Waals surface area contributed by atoms with Gasteiger partial charge < -0.3 is 4.74 Å². The number of hydrogen-bond acceptors (Lipinski definition) is 2. The molecule has 84 valence electrons. The predicted molar refractivity (Wildman–Crippen MR) is 63.4 cm³/mol. The summed E-state index contributed by atoms with van der Waals surface area (Å²) in [5, 5.41) is 0. The van der Waals surface area contributed by atoms with Crippen LogP contribution in [0.25, 0.3) is 0 Å². The van der Waals surface area contributed by atoms with Crippen LogP contribution in [0.2, 0.25) is 0 Å². The van der Waals surface area contributed by atoms with Crippen LogP contribution in [0.5, 0.6) is 0 Å². The third-order valence-electron chi connectivity index (χ3n) is 2.38. The van der Waals surface area contributed by atoms with Crippen LogP contribution in [0.15, 0.2) is 36.5 Å². The second-order valence-corrected chi connectivity index (χ2v) is 4.02. The molecule has 0 saturated heterocycles. The van der Waals surface area contributed by atoms with Crippen molar-refractivity contribution in [3.63, 3.8) is 0 Å². The maximum atomic E-state index is 11.8. The first-order valence-corrected chi connectivity index (χ1v) is 5.43. The van der Waals surface area contributed by atoms with Gasteiger partial charge in [-0.15, -0.1) is 0 Å². The molecule has 16 heavy (non-hydrogen) atoms. The minimum absolute atomic E-state index is 0.102. The average Bonchev–Trinajstić information content (AvgIpc) is 2.27. The Hall–Kier alpha value is -1.77. The van der Waals surface area contributed by atoms with E-state index < -0.39 is 0 Å². The number of nitrogens with zero attached hydrogens (tertiary/aromatic N) is 1. The lowest BCUT2D eigenvalue weighted by Crippen LogP contribution is -2.30. The van der Waals surface area contributed by atoms with Crippen LogP contribution in [0.3, 0.4) is 0 Å². The number of rotatable bonds is 1. The summed E-state index contributed by atoms with van der Waals surface area (Å²) in [6.07, 6.45) is 4.17. The van der Waals surface area contributed by atoms with Crippen molar-refractivity contribution >= 4 is 11.8 Å². The van der Waals surface area contributed by atoms with Crippen molar-refractivity contribution in [2.24, 2.45) is 0 Å². The van der Waals surface area contributed by atoms with Gasteiger partial charge in [0, 0.05) is 6.20 Å². The standard InChI is InChI=1S/C13H15NO2/c1-10(2)16-13(15)14-9-5-7-11-6-3-4-8-12(11)14/h3-6,8-10H,7H2,1-2H3. The van der Waals surface area contributed by atoms with E-state index >= 15 is 0 Å². The third-order valence-corrected chi connectivity index (χ3v) is 2.38. The van der Waals surface area contributed by atoms with Crippen molar-refractivity contribution in [2.45, 2.75) is 26.4 Å². The van der Waals surface area contributed by atoms with Crippen molar-refractivity contribution in [3.05, 3.63) is 42.1 Å². The van der Waals surface area contributed by atoms with Crippen LogP contribution in [0, 0.1) is 0 Å². The SMILES string of the molecule is CC(C)OC(=O)N1C=CCc2ccccc21. The summed E-state index contributed by atoms with van der Waals surface area (Å²) in [6, 6.07) is 7.85. The van der Waals surface area contributed by atoms with Crippen molar-refractivity contribution < 1.29 is 9.53 Å². The number of carbonyl (C=O) groups excluding carboxylic acids is 1. The van der Waals surface area contributed by atoms with Gasteiger partial charge in [0.15, 0.2) is 0 Å². The van der Waals surface area contributed by atoms with E-state index in [4.69, 9.17) is 4.74 Å². The molecular formula is C13H15NO2. The van der Waals surface area contributed by atoms with Crippen molar-refractivity contribution in [1.29, 1.82) is 0 Å². The number of benzene rings is 1. The van der Waals surface area contributed by atoms with Gasteiger partial charge in [-0.25, -0.2) is 4.79 Å². The molecule has 1 aromatic carbocycles. The molecule has 1 amide bonds. The Morgan fingerprint density at radius 3 is 2.88 bits per heavy atom. The molecular weight excluding hydrogens is 202 g/mol. The lowest BCUT2D eigenvalue weighted by molar-refractivity contribution is 0.124. The number of anilines is 1. The highest BCUT2D eigenvalue weighted by Gasteiger charge is 2.20. The van der Waals surface area contributed by atoms with Crippen LogP contribution < -0.4 is 4.90 Å². The zero-order valence-electron chi connectivity index (χ0n) is 9.51. The van der Waals surface area contributed by atoms with Crippen molar-refractivity contribution in [1.82, 2.24) is 0 Å². The van der Waals surface area contributed by atoms with Gasteiger partial charge in [0.05, 0.1) is 11.8 Å². The number of fused-ring (bicyclic) bond motifs is 1. The maximum absolute atomic E-state index is 11.8. The molecule has 3 nitrogen and oxygen atoms in total. The molecule has 0 aromatic heterocycles. The highest BCUT2D eigenvalue weighted by Crippen LogP contribution is 2.26. The lowest BCUT2D eigenvalue weighted by atomic mass is 10.1. The average molecular weight is 217 g/mol. The number of amides is 1. The van der Waals surface area contributed by atoms with Crippen LogP contribution in [0.4, 0.5) is 10.5 Å². The fourth-order valence-electron chi connectivity index (χ4n) is 1.70. The van der Waals surface area contributed by atoms with Gasteiger partial charge in [0.25, 0.3) is 0 Å². The van der Waals surface area contributed by atoms with E-state index in [0.29, 0.717) is 0 Å². The zero-order chi connectivity index (χ0) is 11.5.